The molecule has 0 unspecified atom stereocenters. The third kappa shape index (κ3) is 7.17. The number of carboxylic acid groups (broad SMARTS) is 2. The van der Waals surface area contributed by atoms with Crippen LogP contribution in [0.15, 0.2) is 29.4 Å². The van der Waals surface area contributed by atoms with Gasteiger partial charge in [0.15, 0.2) is 0 Å². The number of phenolic OH excluding ortho intramolecular Hbond substituents is 1. The van der Waals surface area contributed by atoms with E-state index in [9.17, 15) is 24.9 Å². The van der Waals surface area contributed by atoms with Crippen molar-refractivity contribution in [2.24, 2.45) is 0 Å². The molecule has 0 heterocycles. The molecule has 0 spiro atoms. The number of allylic oxidation sites excluding steroid dienone is 4. The van der Waals surface area contributed by atoms with Gasteiger partial charge in [-0.15, -0.1) is 0 Å². The largest absolute Gasteiger partial charge is 0.508 e. The Morgan fingerprint density at radius 1 is 1.04 bits per heavy atom. The predicted molar refractivity (Wildman–Crippen MR) is 103 cm³/mol. The van der Waals surface area contributed by atoms with E-state index in [1.54, 1.807) is 0 Å². The van der Waals surface area contributed by atoms with Gasteiger partial charge in [0.1, 0.15) is 17.1 Å². The van der Waals surface area contributed by atoms with Crippen LogP contribution in [0.3, 0.4) is 0 Å². The van der Waals surface area contributed by atoms with E-state index in [4.69, 9.17) is 5.11 Å². The zero-order chi connectivity index (χ0) is 20.6. The second-order valence-electron chi connectivity index (χ2n) is 6.88. The molecule has 0 fully saturated rings. The van der Waals surface area contributed by atoms with Crippen LogP contribution in [0.25, 0.3) is 0 Å². The highest BCUT2D eigenvalue weighted by molar-refractivity contribution is 5.93. The maximum atomic E-state index is 11.6. The first kappa shape index (κ1) is 22.3. The van der Waals surface area contributed by atoms with Gasteiger partial charge in [0.2, 0.25) is 0 Å². The maximum absolute atomic E-state index is 11.6. The fraction of sp³-hybridized carbons (Fsp3) is 0.429. The lowest BCUT2D eigenvalue weighted by atomic mass is 9.95. The number of rotatable bonds is 10. The van der Waals surface area contributed by atoms with Gasteiger partial charge in [-0.2, -0.15) is 0 Å². The summed E-state index contributed by atoms with van der Waals surface area (Å²) in [6.07, 6.45) is 6.19. The van der Waals surface area contributed by atoms with E-state index in [0.717, 1.165) is 18.4 Å². The molecule has 0 saturated heterocycles. The first-order valence-electron chi connectivity index (χ1n) is 8.94. The lowest BCUT2D eigenvalue weighted by molar-refractivity contribution is -0.137. The highest BCUT2D eigenvalue weighted by Crippen LogP contribution is 2.35. The Kier molecular flexibility index (Phi) is 8.59. The van der Waals surface area contributed by atoms with Gasteiger partial charge in [0, 0.05) is 12.0 Å². The highest BCUT2D eigenvalue weighted by atomic mass is 16.4. The van der Waals surface area contributed by atoms with Crippen LogP contribution >= 0.6 is 0 Å². The average Bonchev–Trinajstić information content (AvgIpc) is 2.53. The van der Waals surface area contributed by atoms with Crippen molar-refractivity contribution in [2.75, 3.05) is 0 Å². The molecule has 0 amide bonds. The molecule has 4 N–H and O–H groups in total. The molecule has 6 nitrogen and oxygen atoms in total. The summed E-state index contributed by atoms with van der Waals surface area (Å²) < 4.78 is 0. The summed E-state index contributed by atoms with van der Waals surface area (Å²) in [5, 5.41) is 38.8. The minimum absolute atomic E-state index is 0.115. The Bertz CT molecular complexity index is 754. The predicted octanol–water partition coefficient (Wildman–Crippen LogP) is 4.44. The number of hydrogen-bond acceptors (Lipinski definition) is 4. The fourth-order valence-electron chi connectivity index (χ4n) is 2.78. The number of carboxylic acids is 2. The minimum Gasteiger partial charge on any atom is -0.508 e. The summed E-state index contributed by atoms with van der Waals surface area (Å²) in [6, 6.07) is 1.31. The van der Waals surface area contributed by atoms with Crippen molar-refractivity contribution in [1.29, 1.82) is 0 Å². The highest BCUT2D eigenvalue weighted by Gasteiger charge is 2.21. The summed E-state index contributed by atoms with van der Waals surface area (Å²) in [5.74, 6) is -2.92. The van der Waals surface area contributed by atoms with E-state index < -0.39 is 17.7 Å². The zero-order valence-electron chi connectivity index (χ0n) is 16.1. The van der Waals surface area contributed by atoms with E-state index in [1.165, 1.54) is 11.6 Å². The van der Waals surface area contributed by atoms with Crippen LogP contribution in [0.2, 0.25) is 0 Å². The van der Waals surface area contributed by atoms with Gasteiger partial charge in [0.25, 0.3) is 0 Å². The molecule has 0 aromatic heterocycles. The average molecular weight is 376 g/mol. The van der Waals surface area contributed by atoms with Crippen molar-refractivity contribution in [3.63, 3.8) is 0 Å². The van der Waals surface area contributed by atoms with Crippen LogP contribution in [-0.2, 0) is 17.6 Å². The maximum Gasteiger partial charge on any atom is 0.339 e. The summed E-state index contributed by atoms with van der Waals surface area (Å²) >= 11 is 0. The first-order valence-corrected chi connectivity index (χ1v) is 8.94. The fourth-order valence-corrected chi connectivity index (χ4v) is 2.78. The van der Waals surface area contributed by atoms with Crippen LogP contribution in [-0.4, -0.2) is 32.4 Å². The second-order valence-corrected chi connectivity index (χ2v) is 6.88. The molecule has 0 atom stereocenters. The van der Waals surface area contributed by atoms with Crippen molar-refractivity contribution >= 4 is 11.9 Å². The number of aliphatic carboxylic acids is 1. The number of aromatic hydroxyl groups is 2. The standard InChI is InChI=1S/C21H28O6/c1-13(2)6-4-7-14(3)10-11-16-17(22)12-15(8-5-9-18(23)24)19(20(16)25)21(26)27/h6,10,12,22,25H,4-5,7-9,11H2,1-3H3,(H,23,24)(H,26,27). The molecule has 148 valence electrons. The molecule has 0 aliphatic heterocycles. The third-order valence-electron chi connectivity index (χ3n) is 4.26. The Morgan fingerprint density at radius 2 is 1.70 bits per heavy atom. The summed E-state index contributed by atoms with van der Waals surface area (Å²) in [4.78, 5) is 22.2. The van der Waals surface area contributed by atoms with E-state index >= 15 is 0 Å². The van der Waals surface area contributed by atoms with Gasteiger partial charge in [0.05, 0.1) is 0 Å². The van der Waals surface area contributed by atoms with Crippen LogP contribution in [0.5, 0.6) is 11.5 Å². The Morgan fingerprint density at radius 3 is 2.26 bits per heavy atom. The van der Waals surface area contributed by atoms with Gasteiger partial charge >= 0.3 is 11.9 Å². The lowest BCUT2D eigenvalue weighted by Gasteiger charge is -2.13. The first-order chi connectivity index (χ1) is 12.6. The van der Waals surface area contributed by atoms with E-state index in [1.807, 2.05) is 26.8 Å². The van der Waals surface area contributed by atoms with Crippen molar-refractivity contribution in [3.8, 4) is 11.5 Å². The van der Waals surface area contributed by atoms with Crippen molar-refractivity contribution in [2.45, 2.75) is 59.3 Å². The molecule has 0 aliphatic carbocycles. The van der Waals surface area contributed by atoms with Gasteiger partial charge in [-0.05, 0) is 64.5 Å². The number of carbonyl (C=O) groups is 2. The van der Waals surface area contributed by atoms with Gasteiger partial charge in [-0.1, -0.05) is 23.3 Å². The Labute approximate surface area is 159 Å². The normalized spacial score (nSPS) is 11.3. The molecule has 0 bridgehead atoms. The number of hydrogen-bond donors (Lipinski definition) is 4. The van der Waals surface area contributed by atoms with E-state index in [-0.39, 0.29) is 48.1 Å². The summed E-state index contributed by atoms with van der Waals surface area (Å²) in [5.41, 5.74) is 2.43. The molecule has 27 heavy (non-hydrogen) atoms. The number of aromatic carboxylic acids is 1. The van der Waals surface area contributed by atoms with E-state index in [2.05, 4.69) is 6.08 Å². The molecular formula is C21H28O6. The molecule has 0 radical (unpaired) electrons. The molecule has 6 heteroatoms. The molecule has 0 aliphatic rings. The zero-order valence-corrected chi connectivity index (χ0v) is 16.1. The molecule has 1 rings (SSSR count). The van der Waals surface area contributed by atoms with E-state index in [0.29, 0.717) is 0 Å². The van der Waals surface area contributed by atoms with Gasteiger partial charge in [-0.3, -0.25) is 4.79 Å². The number of phenols is 2. The molecule has 0 saturated carbocycles. The SMILES string of the molecule is CC(C)=CCCC(C)=CCc1c(O)cc(CCCC(=O)O)c(C(=O)O)c1O. The number of benzene rings is 1. The molecule has 1 aromatic carbocycles. The Balaban J connectivity index is 3.04. The van der Waals surface area contributed by atoms with Gasteiger partial charge in [-0.25, -0.2) is 4.79 Å². The quantitative estimate of drug-likeness (QED) is 0.449. The van der Waals surface area contributed by atoms with Crippen molar-refractivity contribution in [1.82, 2.24) is 0 Å². The minimum atomic E-state index is -1.30. The smallest absolute Gasteiger partial charge is 0.339 e. The van der Waals surface area contributed by atoms with Crippen LogP contribution < -0.4 is 0 Å². The lowest BCUT2D eigenvalue weighted by Crippen LogP contribution is -2.06. The summed E-state index contributed by atoms with van der Waals surface area (Å²) in [7, 11) is 0. The molecular weight excluding hydrogens is 348 g/mol. The third-order valence-corrected chi connectivity index (χ3v) is 4.26. The van der Waals surface area contributed by atoms with Crippen LogP contribution in [0.4, 0.5) is 0 Å². The number of aryl methyl sites for hydroxylation is 1. The topological polar surface area (TPSA) is 115 Å². The Hall–Kier alpha value is -2.76. The molecule has 1 aromatic rings. The van der Waals surface area contributed by atoms with Gasteiger partial charge < -0.3 is 20.4 Å². The summed E-state index contributed by atoms with van der Waals surface area (Å²) in [6.45, 7) is 6.01. The second kappa shape index (κ2) is 10.4. The van der Waals surface area contributed by atoms with Crippen molar-refractivity contribution in [3.05, 3.63) is 46.1 Å². The monoisotopic (exact) mass is 376 g/mol. The van der Waals surface area contributed by atoms with Crippen LogP contribution in [0.1, 0.15) is 67.9 Å². The van der Waals surface area contributed by atoms with Crippen molar-refractivity contribution < 1.29 is 30.0 Å². The van der Waals surface area contributed by atoms with Crippen LogP contribution in [0, 0.1) is 0 Å².